The summed E-state index contributed by atoms with van der Waals surface area (Å²) >= 11 is 6.09. The highest BCUT2D eigenvalue weighted by atomic mass is 35.5. The third-order valence-corrected chi connectivity index (χ3v) is 2.79. The monoisotopic (exact) mass is 256 g/mol. The minimum Gasteiger partial charge on any atom is -0.497 e. The van der Waals surface area contributed by atoms with Gasteiger partial charge in [-0.2, -0.15) is 0 Å². The zero-order valence-corrected chi connectivity index (χ0v) is 11.0. The van der Waals surface area contributed by atoms with Crippen LogP contribution in [0.4, 0.5) is 0 Å². The summed E-state index contributed by atoms with van der Waals surface area (Å²) in [6.07, 6.45) is 0. The SMILES string of the molecule is COc1ccc(CN(C)C(=O)C(C)N)c(Cl)c1. The maximum absolute atomic E-state index is 11.6. The summed E-state index contributed by atoms with van der Waals surface area (Å²) in [6.45, 7) is 2.09. The molecule has 1 rings (SSSR count). The quantitative estimate of drug-likeness (QED) is 0.891. The number of benzene rings is 1. The van der Waals surface area contributed by atoms with Gasteiger partial charge in [-0.25, -0.2) is 0 Å². The molecular formula is C12H17ClN2O2. The standard InChI is InChI=1S/C12H17ClN2O2/c1-8(14)12(16)15(2)7-9-4-5-10(17-3)6-11(9)13/h4-6,8H,7,14H2,1-3H3. The van der Waals surface area contributed by atoms with Crippen LogP contribution in [0.2, 0.25) is 5.02 Å². The first-order chi connectivity index (χ1) is 7.95. The first kappa shape index (κ1) is 13.8. The Morgan fingerprint density at radius 2 is 2.24 bits per heavy atom. The van der Waals surface area contributed by atoms with Gasteiger partial charge in [0.25, 0.3) is 0 Å². The van der Waals surface area contributed by atoms with Crippen molar-refractivity contribution in [3.8, 4) is 5.75 Å². The lowest BCUT2D eigenvalue weighted by Gasteiger charge is -2.20. The van der Waals surface area contributed by atoms with Crippen LogP contribution in [-0.2, 0) is 11.3 Å². The molecule has 5 heteroatoms. The van der Waals surface area contributed by atoms with Crippen LogP contribution in [0.15, 0.2) is 18.2 Å². The molecule has 0 aliphatic rings. The lowest BCUT2D eigenvalue weighted by molar-refractivity contribution is -0.131. The highest BCUT2D eigenvalue weighted by Gasteiger charge is 2.14. The van der Waals surface area contributed by atoms with Gasteiger partial charge in [-0.15, -0.1) is 0 Å². The van der Waals surface area contributed by atoms with E-state index in [1.807, 2.05) is 12.1 Å². The number of amides is 1. The number of hydrogen-bond acceptors (Lipinski definition) is 3. The lowest BCUT2D eigenvalue weighted by Crippen LogP contribution is -2.39. The smallest absolute Gasteiger partial charge is 0.239 e. The molecule has 94 valence electrons. The van der Waals surface area contributed by atoms with E-state index in [4.69, 9.17) is 22.1 Å². The van der Waals surface area contributed by atoms with E-state index in [1.54, 1.807) is 32.0 Å². The van der Waals surface area contributed by atoms with Crippen molar-refractivity contribution in [1.29, 1.82) is 0 Å². The molecule has 0 spiro atoms. The van der Waals surface area contributed by atoms with Gasteiger partial charge in [0.15, 0.2) is 0 Å². The second-order valence-corrected chi connectivity index (χ2v) is 4.35. The van der Waals surface area contributed by atoms with Gasteiger partial charge in [-0.1, -0.05) is 17.7 Å². The van der Waals surface area contributed by atoms with Crippen molar-refractivity contribution in [2.45, 2.75) is 19.5 Å². The van der Waals surface area contributed by atoms with Gasteiger partial charge < -0.3 is 15.4 Å². The molecule has 0 saturated heterocycles. The third kappa shape index (κ3) is 3.61. The normalized spacial score (nSPS) is 12.1. The highest BCUT2D eigenvalue weighted by Crippen LogP contribution is 2.23. The molecule has 1 aromatic rings. The molecule has 0 heterocycles. The Bertz CT molecular complexity index is 407. The second kappa shape index (κ2) is 5.89. The van der Waals surface area contributed by atoms with E-state index in [0.29, 0.717) is 17.3 Å². The van der Waals surface area contributed by atoms with E-state index in [0.717, 1.165) is 5.56 Å². The first-order valence-electron chi connectivity index (χ1n) is 5.28. The average molecular weight is 257 g/mol. The zero-order valence-electron chi connectivity index (χ0n) is 10.2. The van der Waals surface area contributed by atoms with Gasteiger partial charge >= 0.3 is 0 Å². The molecule has 4 nitrogen and oxygen atoms in total. The maximum atomic E-state index is 11.6. The van der Waals surface area contributed by atoms with Crippen LogP contribution in [0, 0.1) is 0 Å². The molecule has 0 bridgehead atoms. The molecule has 0 fully saturated rings. The van der Waals surface area contributed by atoms with Crippen molar-refractivity contribution in [3.05, 3.63) is 28.8 Å². The van der Waals surface area contributed by atoms with Crippen LogP contribution in [0.3, 0.4) is 0 Å². The van der Waals surface area contributed by atoms with Crippen molar-refractivity contribution in [3.63, 3.8) is 0 Å². The lowest BCUT2D eigenvalue weighted by atomic mass is 10.2. The Hall–Kier alpha value is -1.26. The fourth-order valence-electron chi connectivity index (χ4n) is 1.46. The maximum Gasteiger partial charge on any atom is 0.239 e. The molecule has 0 radical (unpaired) electrons. The minimum atomic E-state index is -0.503. The number of methoxy groups -OCH3 is 1. The van der Waals surface area contributed by atoms with E-state index < -0.39 is 6.04 Å². The number of ether oxygens (including phenoxy) is 1. The number of nitrogens with two attached hydrogens (primary N) is 1. The molecule has 1 amide bonds. The molecule has 1 unspecified atom stereocenters. The summed E-state index contributed by atoms with van der Waals surface area (Å²) in [5.74, 6) is 0.580. The predicted octanol–water partition coefficient (Wildman–Crippen LogP) is 1.65. The average Bonchev–Trinajstić information content (AvgIpc) is 2.30. The Morgan fingerprint density at radius 3 is 2.71 bits per heavy atom. The van der Waals surface area contributed by atoms with Crippen LogP contribution in [0.1, 0.15) is 12.5 Å². The largest absolute Gasteiger partial charge is 0.497 e. The third-order valence-electron chi connectivity index (χ3n) is 2.43. The van der Waals surface area contributed by atoms with Gasteiger partial charge in [0.1, 0.15) is 5.75 Å². The van der Waals surface area contributed by atoms with Crippen molar-refractivity contribution in [2.24, 2.45) is 5.73 Å². The van der Waals surface area contributed by atoms with E-state index in [2.05, 4.69) is 0 Å². The number of carbonyl (C=O) groups is 1. The summed E-state index contributed by atoms with van der Waals surface area (Å²) in [5, 5.41) is 0.577. The number of halogens is 1. The number of carbonyl (C=O) groups excluding carboxylic acids is 1. The Labute approximate surface area is 106 Å². The van der Waals surface area contributed by atoms with Gasteiger partial charge in [-0.05, 0) is 24.6 Å². The fourth-order valence-corrected chi connectivity index (χ4v) is 1.69. The van der Waals surface area contributed by atoms with Crippen molar-refractivity contribution in [1.82, 2.24) is 4.90 Å². The Balaban J connectivity index is 2.78. The summed E-state index contributed by atoms with van der Waals surface area (Å²) in [7, 11) is 3.28. The van der Waals surface area contributed by atoms with Crippen molar-refractivity contribution >= 4 is 17.5 Å². The molecule has 0 saturated carbocycles. The number of hydrogen-bond donors (Lipinski definition) is 1. The molecule has 0 aliphatic heterocycles. The molecule has 1 aromatic carbocycles. The number of likely N-dealkylation sites (N-methyl/N-ethyl adjacent to an activating group) is 1. The van der Waals surface area contributed by atoms with Crippen LogP contribution in [0.25, 0.3) is 0 Å². The molecule has 0 aliphatic carbocycles. The second-order valence-electron chi connectivity index (χ2n) is 3.94. The summed E-state index contributed by atoms with van der Waals surface area (Å²) in [4.78, 5) is 13.2. The zero-order chi connectivity index (χ0) is 13.0. The van der Waals surface area contributed by atoms with Gasteiger partial charge in [-0.3, -0.25) is 4.79 Å². The molecular weight excluding hydrogens is 240 g/mol. The Kier molecular flexibility index (Phi) is 4.78. The van der Waals surface area contributed by atoms with Crippen LogP contribution >= 0.6 is 11.6 Å². The molecule has 1 atom stereocenters. The van der Waals surface area contributed by atoms with Gasteiger partial charge in [0.2, 0.25) is 5.91 Å². The van der Waals surface area contributed by atoms with Crippen molar-refractivity contribution in [2.75, 3.05) is 14.2 Å². The van der Waals surface area contributed by atoms with E-state index in [-0.39, 0.29) is 5.91 Å². The minimum absolute atomic E-state index is 0.114. The van der Waals surface area contributed by atoms with E-state index in [1.165, 1.54) is 0 Å². The predicted molar refractivity (Wildman–Crippen MR) is 68.1 cm³/mol. The molecule has 0 aromatic heterocycles. The summed E-state index contributed by atoms with van der Waals surface area (Å²) in [5.41, 5.74) is 6.39. The molecule has 17 heavy (non-hydrogen) atoms. The number of nitrogens with zero attached hydrogens (tertiary/aromatic N) is 1. The molecule has 2 N–H and O–H groups in total. The summed E-state index contributed by atoms with van der Waals surface area (Å²) < 4.78 is 5.06. The van der Waals surface area contributed by atoms with Crippen LogP contribution in [-0.4, -0.2) is 31.0 Å². The van der Waals surface area contributed by atoms with Crippen LogP contribution < -0.4 is 10.5 Å². The van der Waals surface area contributed by atoms with Gasteiger partial charge in [0, 0.05) is 18.6 Å². The van der Waals surface area contributed by atoms with E-state index in [9.17, 15) is 4.79 Å². The van der Waals surface area contributed by atoms with Crippen LogP contribution in [0.5, 0.6) is 5.75 Å². The Morgan fingerprint density at radius 1 is 1.59 bits per heavy atom. The van der Waals surface area contributed by atoms with E-state index >= 15 is 0 Å². The topological polar surface area (TPSA) is 55.6 Å². The first-order valence-corrected chi connectivity index (χ1v) is 5.66. The van der Waals surface area contributed by atoms with Gasteiger partial charge in [0.05, 0.1) is 13.2 Å². The highest BCUT2D eigenvalue weighted by molar-refractivity contribution is 6.31. The summed E-state index contributed by atoms with van der Waals surface area (Å²) in [6, 6.07) is 4.87. The fraction of sp³-hybridized carbons (Fsp3) is 0.417. The van der Waals surface area contributed by atoms with Crippen molar-refractivity contribution < 1.29 is 9.53 Å². The number of rotatable bonds is 4.